The van der Waals surface area contributed by atoms with Crippen molar-refractivity contribution in [3.63, 3.8) is 0 Å². The Morgan fingerprint density at radius 2 is 2.32 bits per heavy atom. The van der Waals surface area contributed by atoms with Gasteiger partial charge in [-0.25, -0.2) is 14.2 Å². The van der Waals surface area contributed by atoms with Crippen molar-refractivity contribution in [2.75, 3.05) is 12.4 Å². The number of carbonyl (C=O) groups excluding carboxylic acids is 1. The fourth-order valence-corrected chi connectivity index (χ4v) is 2.32. The van der Waals surface area contributed by atoms with Gasteiger partial charge in [0.05, 0.1) is 24.9 Å². The molecule has 0 unspecified atom stereocenters. The van der Waals surface area contributed by atoms with Gasteiger partial charge >= 0.3 is 5.97 Å². The maximum absolute atomic E-state index is 13.2. The van der Waals surface area contributed by atoms with E-state index in [1.807, 2.05) is 12.3 Å². The molecule has 1 N–H and O–H groups in total. The first-order valence-corrected chi connectivity index (χ1v) is 6.51. The molecular weight excluding hydrogens is 267 g/mol. The number of hydrogen-bond acceptors (Lipinski definition) is 5. The summed E-state index contributed by atoms with van der Waals surface area (Å²) in [5, 5.41) is 5.81. The van der Waals surface area contributed by atoms with E-state index in [9.17, 15) is 9.18 Å². The molecule has 2 aromatic rings. The van der Waals surface area contributed by atoms with E-state index in [0.717, 1.165) is 10.7 Å². The predicted molar refractivity (Wildman–Crippen MR) is 71.9 cm³/mol. The number of aryl methyl sites for hydroxylation is 1. The second kappa shape index (κ2) is 5.79. The summed E-state index contributed by atoms with van der Waals surface area (Å²) in [5.41, 5.74) is 1.64. The lowest BCUT2D eigenvalue weighted by Crippen LogP contribution is -2.08. The van der Waals surface area contributed by atoms with Gasteiger partial charge < -0.3 is 10.1 Å². The van der Waals surface area contributed by atoms with Crippen LogP contribution in [0.5, 0.6) is 0 Å². The topological polar surface area (TPSA) is 51.2 Å². The van der Waals surface area contributed by atoms with Crippen molar-refractivity contribution in [2.45, 2.75) is 13.5 Å². The SMILES string of the molecule is COC(=O)c1ccc(F)cc1NCc1nc(C)cs1. The Morgan fingerprint density at radius 1 is 1.53 bits per heavy atom. The molecule has 1 aromatic carbocycles. The number of rotatable bonds is 4. The molecular formula is C13H13FN2O2S. The van der Waals surface area contributed by atoms with Crippen LogP contribution in [0.1, 0.15) is 21.1 Å². The molecule has 1 heterocycles. The van der Waals surface area contributed by atoms with Gasteiger partial charge in [0.15, 0.2) is 0 Å². The zero-order chi connectivity index (χ0) is 13.8. The third-order valence-electron chi connectivity index (χ3n) is 2.48. The van der Waals surface area contributed by atoms with E-state index in [0.29, 0.717) is 17.8 Å². The van der Waals surface area contributed by atoms with Crippen LogP contribution < -0.4 is 5.32 Å². The number of esters is 1. The highest BCUT2D eigenvalue weighted by Gasteiger charge is 2.12. The normalized spacial score (nSPS) is 10.3. The number of nitrogens with zero attached hydrogens (tertiary/aromatic N) is 1. The van der Waals surface area contributed by atoms with E-state index in [1.165, 1.54) is 36.6 Å². The molecule has 0 bridgehead atoms. The highest BCUT2D eigenvalue weighted by Crippen LogP contribution is 2.20. The summed E-state index contributed by atoms with van der Waals surface area (Å²) >= 11 is 1.51. The van der Waals surface area contributed by atoms with Gasteiger partial charge in [-0.15, -0.1) is 11.3 Å². The quantitative estimate of drug-likeness (QED) is 0.875. The fraction of sp³-hybridized carbons (Fsp3) is 0.231. The Kier molecular flexibility index (Phi) is 4.11. The highest BCUT2D eigenvalue weighted by atomic mass is 32.1. The van der Waals surface area contributed by atoms with Crippen LogP contribution in [0.3, 0.4) is 0 Å². The van der Waals surface area contributed by atoms with Crippen LogP contribution in [-0.2, 0) is 11.3 Å². The minimum Gasteiger partial charge on any atom is -0.465 e. The molecule has 100 valence electrons. The number of methoxy groups -OCH3 is 1. The molecule has 0 radical (unpaired) electrons. The molecule has 0 amide bonds. The van der Waals surface area contributed by atoms with Crippen molar-refractivity contribution in [1.82, 2.24) is 4.98 Å². The Labute approximate surface area is 114 Å². The first kappa shape index (κ1) is 13.5. The number of ether oxygens (including phenoxy) is 1. The molecule has 1 aromatic heterocycles. The van der Waals surface area contributed by atoms with Crippen LogP contribution in [0.4, 0.5) is 10.1 Å². The predicted octanol–water partition coefficient (Wildman–Crippen LogP) is 2.99. The summed E-state index contributed by atoms with van der Waals surface area (Å²) in [4.78, 5) is 15.9. The Bertz CT molecular complexity index is 598. The van der Waals surface area contributed by atoms with E-state index >= 15 is 0 Å². The van der Waals surface area contributed by atoms with Crippen molar-refractivity contribution < 1.29 is 13.9 Å². The van der Waals surface area contributed by atoms with Gasteiger partial charge in [0, 0.05) is 11.1 Å². The van der Waals surface area contributed by atoms with E-state index < -0.39 is 11.8 Å². The average molecular weight is 280 g/mol. The number of nitrogens with one attached hydrogen (secondary N) is 1. The van der Waals surface area contributed by atoms with E-state index in [1.54, 1.807) is 0 Å². The first-order chi connectivity index (χ1) is 9.10. The van der Waals surface area contributed by atoms with E-state index in [-0.39, 0.29) is 0 Å². The second-order valence-corrected chi connectivity index (χ2v) is 4.86. The van der Waals surface area contributed by atoms with Crippen molar-refractivity contribution >= 4 is 23.0 Å². The number of benzene rings is 1. The monoisotopic (exact) mass is 280 g/mol. The third kappa shape index (κ3) is 3.29. The molecule has 0 fully saturated rings. The molecule has 0 saturated heterocycles. The molecule has 0 saturated carbocycles. The van der Waals surface area contributed by atoms with E-state index in [4.69, 9.17) is 0 Å². The van der Waals surface area contributed by atoms with Crippen molar-refractivity contribution in [1.29, 1.82) is 0 Å². The van der Waals surface area contributed by atoms with Gasteiger partial charge in [-0.2, -0.15) is 0 Å². The molecule has 0 atom stereocenters. The summed E-state index contributed by atoms with van der Waals surface area (Å²) in [6.07, 6.45) is 0. The Morgan fingerprint density at radius 3 is 2.95 bits per heavy atom. The number of hydrogen-bond donors (Lipinski definition) is 1. The van der Waals surface area contributed by atoms with Crippen molar-refractivity contribution in [3.8, 4) is 0 Å². The van der Waals surface area contributed by atoms with Gasteiger partial charge in [-0.05, 0) is 25.1 Å². The minimum atomic E-state index is -0.502. The molecule has 0 aliphatic rings. The molecule has 4 nitrogen and oxygen atoms in total. The van der Waals surface area contributed by atoms with Gasteiger partial charge in [0.1, 0.15) is 10.8 Å². The van der Waals surface area contributed by atoms with Crippen LogP contribution in [0.15, 0.2) is 23.6 Å². The largest absolute Gasteiger partial charge is 0.465 e. The summed E-state index contributed by atoms with van der Waals surface area (Å²) in [6.45, 7) is 2.34. The number of aromatic nitrogens is 1. The molecule has 0 spiro atoms. The minimum absolute atomic E-state index is 0.303. The average Bonchev–Trinajstić information content (AvgIpc) is 2.81. The first-order valence-electron chi connectivity index (χ1n) is 5.63. The maximum Gasteiger partial charge on any atom is 0.339 e. The maximum atomic E-state index is 13.2. The standard InChI is InChI=1S/C13H13FN2O2S/c1-8-7-19-12(16-8)6-15-11-5-9(14)3-4-10(11)13(17)18-2/h3-5,7,15H,6H2,1-2H3. The van der Waals surface area contributed by atoms with Crippen LogP contribution in [-0.4, -0.2) is 18.1 Å². The van der Waals surface area contributed by atoms with Crippen LogP contribution in [0.25, 0.3) is 0 Å². The molecule has 6 heteroatoms. The number of carbonyl (C=O) groups is 1. The van der Waals surface area contributed by atoms with Crippen molar-refractivity contribution in [3.05, 3.63) is 45.7 Å². The van der Waals surface area contributed by atoms with Gasteiger partial charge in [0.2, 0.25) is 0 Å². The van der Waals surface area contributed by atoms with Gasteiger partial charge in [0.25, 0.3) is 0 Å². The number of halogens is 1. The highest BCUT2D eigenvalue weighted by molar-refractivity contribution is 7.09. The van der Waals surface area contributed by atoms with Crippen LogP contribution in [0.2, 0.25) is 0 Å². The lowest BCUT2D eigenvalue weighted by Gasteiger charge is -2.09. The zero-order valence-corrected chi connectivity index (χ0v) is 11.4. The number of anilines is 1. The summed E-state index contributed by atoms with van der Waals surface area (Å²) in [6, 6.07) is 3.90. The lowest BCUT2D eigenvalue weighted by atomic mass is 10.1. The van der Waals surface area contributed by atoms with Crippen molar-refractivity contribution in [2.24, 2.45) is 0 Å². The molecule has 0 aliphatic carbocycles. The Hall–Kier alpha value is -1.95. The smallest absolute Gasteiger partial charge is 0.339 e. The zero-order valence-electron chi connectivity index (χ0n) is 10.6. The summed E-state index contributed by atoms with van der Waals surface area (Å²) < 4.78 is 17.9. The van der Waals surface area contributed by atoms with Crippen LogP contribution >= 0.6 is 11.3 Å². The van der Waals surface area contributed by atoms with E-state index in [2.05, 4.69) is 15.0 Å². The fourth-order valence-electron chi connectivity index (χ4n) is 1.61. The van der Waals surface area contributed by atoms with Crippen LogP contribution in [0, 0.1) is 12.7 Å². The van der Waals surface area contributed by atoms with Gasteiger partial charge in [-0.3, -0.25) is 0 Å². The third-order valence-corrected chi connectivity index (χ3v) is 3.45. The summed E-state index contributed by atoms with van der Waals surface area (Å²) in [7, 11) is 1.29. The summed E-state index contributed by atoms with van der Waals surface area (Å²) in [5.74, 6) is -0.914. The molecule has 0 aliphatic heterocycles. The lowest BCUT2D eigenvalue weighted by molar-refractivity contribution is 0.0602. The molecule has 2 rings (SSSR count). The second-order valence-electron chi connectivity index (χ2n) is 3.92. The Balaban J connectivity index is 2.18. The number of thiazole rings is 1. The van der Waals surface area contributed by atoms with Gasteiger partial charge in [-0.1, -0.05) is 0 Å². The molecule has 19 heavy (non-hydrogen) atoms.